The highest BCUT2D eigenvalue weighted by atomic mass is 35.5. The van der Waals surface area contributed by atoms with Crippen LogP contribution in [0, 0.1) is 11.3 Å². The summed E-state index contributed by atoms with van der Waals surface area (Å²) in [5, 5.41) is 12.3. The minimum Gasteiger partial charge on any atom is -0.281 e. The molecule has 2 N–H and O–H groups in total. The summed E-state index contributed by atoms with van der Waals surface area (Å²) < 4.78 is 0. The van der Waals surface area contributed by atoms with Crippen LogP contribution in [0.15, 0.2) is 23.3 Å². The second kappa shape index (κ2) is 8.03. The quantitative estimate of drug-likeness (QED) is 0.540. The highest BCUT2D eigenvalue weighted by Gasteiger charge is 2.34. The summed E-state index contributed by atoms with van der Waals surface area (Å²) in [5.74, 6) is 0.222. The molecule has 1 unspecified atom stereocenters. The van der Waals surface area contributed by atoms with Crippen molar-refractivity contribution >= 4 is 35.3 Å². The Kier molecular flexibility index (Phi) is 5.92. The normalized spacial score (nSPS) is 17.1. The van der Waals surface area contributed by atoms with Gasteiger partial charge in [-0.25, -0.2) is 5.43 Å². The molecule has 0 bridgehead atoms. The maximum Gasteiger partial charge on any atom is 0.292 e. The number of amides is 1. The van der Waals surface area contributed by atoms with E-state index >= 15 is 0 Å². The molecule has 1 amide bonds. The van der Waals surface area contributed by atoms with Gasteiger partial charge in [-0.3, -0.25) is 9.89 Å². The second-order valence-electron chi connectivity index (χ2n) is 7.68. The van der Waals surface area contributed by atoms with Gasteiger partial charge < -0.3 is 0 Å². The van der Waals surface area contributed by atoms with Gasteiger partial charge in [-0.15, -0.1) is 0 Å². The van der Waals surface area contributed by atoms with E-state index in [4.69, 9.17) is 23.2 Å². The first kappa shape index (κ1) is 19.9. The lowest BCUT2D eigenvalue weighted by Crippen LogP contribution is -2.30. The van der Waals surface area contributed by atoms with Crippen LogP contribution in [0.4, 0.5) is 0 Å². The van der Waals surface area contributed by atoms with Gasteiger partial charge in [0.05, 0.1) is 11.2 Å². The van der Waals surface area contributed by atoms with Gasteiger partial charge >= 0.3 is 0 Å². The fourth-order valence-corrected chi connectivity index (χ4v) is 3.92. The Labute approximate surface area is 169 Å². The van der Waals surface area contributed by atoms with Crippen LogP contribution in [0.2, 0.25) is 10.0 Å². The number of H-pyrrole nitrogens is 1. The van der Waals surface area contributed by atoms with Crippen LogP contribution in [-0.2, 0) is 12.8 Å². The van der Waals surface area contributed by atoms with Crippen molar-refractivity contribution < 1.29 is 4.79 Å². The van der Waals surface area contributed by atoms with Gasteiger partial charge in [0.15, 0.2) is 5.69 Å². The smallest absolute Gasteiger partial charge is 0.281 e. The van der Waals surface area contributed by atoms with Gasteiger partial charge in [-0.1, -0.05) is 56.5 Å². The summed E-state index contributed by atoms with van der Waals surface area (Å²) >= 11 is 12.0. The molecule has 1 aliphatic carbocycles. The van der Waals surface area contributed by atoms with Gasteiger partial charge in [-0.2, -0.15) is 10.2 Å². The van der Waals surface area contributed by atoms with E-state index in [-0.39, 0.29) is 11.3 Å². The number of aryl methyl sites for hydroxylation is 1. The number of aromatic nitrogens is 2. The van der Waals surface area contributed by atoms with E-state index in [9.17, 15) is 4.79 Å². The molecule has 0 aliphatic heterocycles. The molecule has 27 heavy (non-hydrogen) atoms. The summed E-state index contributed by atoms with van der Waals surface area (Å²) in [4.78, 5) is 12.6. The lowest BCUT2D eigenvalue weighted by molar-refractivity contribution is 0.0947. The molecule has 1 atom stereocenters. The standard InChI is InChI=1S/C20H24Cl2N4O/c1-4-20(2,3)13-6-8-17-15(9-13)18(25-24-17)19(27)26-23-11-12-5-7-14(21)10-16(12)22/h5,7,10-11,13H,4,6,8-9H2,1-3H3,(H,24,25)(H,26,27)/b23-11-. The van der Waals surface area contributed by atoms with E-state index < -0.39 is 0 Å². The van der Waals surface area contributed by atoms with E-state index in [1.54, 1.807) is 18.2 Å². The predicted octanol–water partition coefficient (Wildman–Crippen LogP) is 5.02. The molecule has 0 saturated carbocycles. The molecule has 1 aromatic carbocycles. The van der Waals surface area contributed by atoms with E-state index in [1.807, 2.05) is 0 Å². The predicted molar refractivity (Wildman–Crippen MR) is 110 cm³/mol. The molecular formula is C20H24Cl2N4O. The molecular weight excluding hydrogens is 383 g/mol. The highest BCUT2D eigenvalue weighted by Crippen LogP contribution is 2.40. The molecule has 2 aromatic rings. The largest absolute Gasteiger partial charge is 0.292 e. The molecule has 5 nitrogen and oxygen atoms in total. The van der Waals surface area contributed by atoms with Crippen molar-refractivity contribution in [3.8, 4) is 0 Å². The Balaban J connectivity index is 1.72. The first-order valence-corrected chi connectivity index (χ1v) is 9.92. The Bertz CT molecular complexity index is 873. The molecule has 3 rings (SSSR count). The summed E-state index contributed by atoms with van der Waals surface area (Å²) in [6, 6.07) is 5.09. The van der Waals surface area contributed by atoms with Gasteiger partial charge in [0.1, 0.15) is 0 Å². The molecule has 144 valence electrons. The number of nitrogens with zero attached hydrogens (tertiary/aromatic N) is 2. The monoisotopic (exact) mass is 406 g/mol. The number of hydrogen-bond acceptors (Lipinski definition) is 3. The van der Waals surface area contributed by atoms with Crippen molar-refractivity contribution in [3.05, 3.63) is 50.8 Å². The van der Waals surface area contributed by atoms with Crippen LogP contribution in [-0.4, -0.2) is 22.3 Å². The lowest BCUT2D eigenvalue weighted by Gasteiger charge is -2.36. The molecule has 1 heterocycles. The topological polar surface area (TPSA) is 70.1 Å². The highest BCUT2D eigenvalue weighted by molar-refractivity contribution is 6.36. The molecule has 0 radical (unpaired) electrons. The van der Waals surface area contributed by atoms with Gasteiger partial charge in [-0.05, 0) is 42.7 Å². The van der Waals surface area contributed by atoms with Crippen LogP contribution in [0.25, 0.3) is 0 Å². The number of carbonyl (C=O) groups excluding carboxylic acids is 1. The fourth-order valence-electron chi connectivity index (χ4n) is 3.46. The maximum atomic E-state index is 12.6. The number of carbonyl (C=O) groups is 1. The number of halogens is 2. The Morgan fingerprint density at radius 1 is 1.44 bits per heavy atom. The SMILES string of the molecule is CCC(C)(C)C1CCc2[nH]nc(C(=O)N/N=C\c3ccc(Cl)cc3Cl)c2C1. The van der Waals surface area contributed by atoms with E-state index in [1.165, 1.54) is 6.21 Å². The molecule has 1 aliphatic rings. The molecule has 0 fully saturated rings. The van der Waals surface area contributed by atoms with Crippen molar-refractivity contribution in [2.45, 2.75) is 46.5 Å². The van der Waals surface area contributed by atoms with Crippen LogP contribution in [0.1, 0.15) is 60.9 Å². The van der Waals surface area contributed by atoms with Crippen molar-refractivity contribution in [1.29, 1.82) is 0 Å². The van der Waals surface area contributed by atoms with Gasteiger partial charge in [0, 0.05) is 21.8 Å². The van der Waals surface area contributed by atoms with Crippen LogP contribution >= 0.6 is 23.2 Å². The zero-order chi connectivity index (χ0) is 19.6. The van der Waals surface area contributed by atoms with Crippen LogP contribution < -0.4 is 5.43 Å². The summed E-state index contributed by atoms with van der Waals surface area (Å²) in [7, 11) is 0. The van der Waals surface area contributed by atoms with E-state index in [0.29, 0.717) is 27.2 Å². The minimum atomic E-state index is -0.316. The minimum absolute atomic E-state index is 0.242. The van der Waals surface area contributed by atoms with Gasteiger partial charge in [0.2, 0.25) is 0 Å². The summed E-state index contributed by atoms with van der Waals surface area (Å²) in [6.07, 6.45) is 5.51. The third-order valence-electron chi connectivity index (χ3n) is 5.71. The van der Waals surface area contributed by atoms with Crippen molar-refractivity contribution in [3.63, 3.8) is 0 Å². The number of hydrazone groups is 1. The van der Waals surface area contributed by atoms with E-state index in [0.717, 1.165) is 36.9 Å². The molecule has 0 saturated heterocycles. The van der Waals surface area contributed by atoms with Crippen molar-refractivity contribution in [2.24, 2.45) is 16.4 Å². The number of nitrogens with one attached hydrogen (secondary N) is 2. The first-order valence-electron chi connectivity index (χ1n) is 9.16. The Morgan fingerprint density at radius 3 is 2.93 bits per heavy atom. The van der Waals surface area contributed by atoms with Crippen LogP contribution in [0.3, 0.4) is 0 Å². The van der Waals surface area contributed by atoms with Crippen molar-refractivity contribution in [1.82, 2.24) is 15.6 Å². The number of aromatic amines is 1. The average Bonchev–Trinajstić information content (AvgIpc) is 3.06. The zero-order valence-electron chi connectivity index (χ0n) is 15.8. The molecule has 7 heteroatoms. The first-order chi connectivity index (χ1) is 12.8. The van der Waals surface area contributed by atoms with Crippen LogP contribution in [0.5, 0.6) is 0 Å². The molecule has 1 aromatic heterocycles. The number of hydrogen-bond donors (Lipinski definition) is 2. The Hall–Kier alpha value is -1.85. The zero-order valence-corrected chi connectivity index (χ0v) is 17.3. The maximum absolute atomic E-state index is 12.6. The lowest BCUT2D eigenvalue weighted by atomic mass is 9.69. The van der Waals surface area contributed by atoms with Crippen molar-refractivity contribution in [2.75, 3.05) is 0 Å². The summed E-state index contributed by atoms with van der Waals surface area (Å²) in [6.45, 7) is 6.81. The third kappa shape index (κ3) is 4.36. The van der Waals surface area contributed by atoms with Gasteiger partial charge in [0.25, 0.3) is 5.91 Å². The summed E-state index contributed by atoms with van der Waals surface area (Å²) in [5.41, 5.74) is 5.98. The molecule has 0 spiro atoms. The number of rotatable bonds is 5. The van der Waals surface area contributed by atoms with E-state index in [2.05, 4.69) is 41.5 Å². The second-order valence-corrected chi connectivity index (χ2v) is 8.52. The fraction of sp³-hybridized carbons (Fsp3) is 0.450. The average molecular weight is 407 g/mol. The third-order valence-corrected chi connectivity index (χ3v) is 6.27. The number of benzene rings is 1. The number of fused-ring (bicyclic) bond motifs is 1. The Morgan fingerprint density at radius 2 is 2.22 bits per heavy atom.